The molecule has 1 fully saturated rings. The van der Waals surface area contributed by atoms with Gasteiger partial charge < -0.3 is 4.52 Å². The Balaban J connectivity index is 1.46. The monoisotopic (exact) mass is 363 g/mol. The molecule has 3 aromatic rings. The first-order valence-electron chi connectivity index (χ1n) is 9.49. The maximum Gasteiger partial charge on any atom is 0.141 e. The molecule has 0 radical (unpaired) electrons. The normalized spacial score (nSPS) is 18.0. The number of hydrogen-bond donors (Lipinski definition) is 0. The molecule has 140 valence electrons. The van der Waals surface area contributed by atoms with E-state index in [4.69, 9.17) is 9.51 Å². The van der Waals surface area contributed by atoms with Crippen molar-refractivity contribution in [1.82, 2.24) is 25.0 Å². The van der Waals surface area contributed by atoms with Crippen molar-refractivity contribution in [3.63, 3.8) is 0 Å². The lowest BCUT2D eigenvalue weighted by Gasteiger charge is -2.32. The fourth-order valence-electron chi connectivity index (χ4n) is 3.89. The van der Waals surface area contributed by atoms with Crippen LogP contribution in [0, 0.1) is 20.8 Å². The summed E-state index contributed by atoms with van der Waals surface area (Å²) in [6.45, 7) is 8.85. The summed E-state index contributed by atoms with van der Waals surface area (Å²) in [7, 11) is 0. The van der Waals surface area contributed by atoms with Crippen molar-refractivity contribution in [3.8, 4) is 11.1 Å². The Hall–Kier alpha value is -2.60. The smallest absolute Gasteiger partial charge is 0.141 e. The quantitative estimate of drug-likeness (QED) is 0.702. The summed E-state index contributed by atoms with van der Waals surface area (Å²) in [5, 5.41) is 4.04. The van der Waals surface area contributed by atoms with Crippen molar-refractivity contribution < 1.29 is 4.52 Å². The predicted molar refractivity (Wildman–Crippen MR) is 103 cm³/mol. The van der Waals surface area contributed by atoms with Gasteiger partial charge in [-0.05, 0) is 46.2 Å². The SMILES string of the molecule is Cc1ncc(CN2CCC[C@H](c3ccc(-c4c(C)noc4C)cn3)C2)cn1. The fraction of sp³-hybridized carbons (Fsp3) is 0.429. The van der Waals surface area contributed by atoms with Gasteiger partial charge in [-0.15, -0.1) is 0 Å². The first-order chi connectivity index (χ1) is 13.1. The molecule has 4 rings (SSSR count). The number of pyridine rings is 1. The van der Waals surface area contributed by atoms with E-state index in [0.717, 1.165) is 53.7 Å². The van der Waals surface area contributed by atoms with Crippen molar-refractivity contribution in [3.05, 3.63) is 59.3 Å². The number of aromatic nitrogens is 4. The number of nitrogens with zero attached hydrogens (tertiary/aromatic N) is 5. The maximum atomic E-state index is 5.28. The third kappa shape index (κ3) is 3.90. The summed E-state index contributed by atoms with van der Waals surface area (Å²) in [6.07, 6.45) is 8.18. The van der Waals surface area contributed by atoms with Crippen LogP contribution >= 0.6 is 0 Å². The van der Waals surface area contributed by atoms with Crippen LogP contribution in [0.1, 0.15) is 47.3 Å². The Morgan fingerprint density at radius 1 is 1.07 bits per heavy atom. The number of hydrogen-bond acceptors (Lipinski definition) is 6. The van der Waals surface area contributed by atoms with Crippen molar-refractivity contribution in [2.75, 3.05) is 13.1 Å². The summed E-state index contributed by atoms with van der Waals surface area (Å²) in [6, 6.07) is 4.30. The molecule has 0 spiro atoms. The molecular formula is C21H25N5O. The van der Waals surface area contributed by atoms with Gasteiger partial charge >= 0.3 is 0 Å². The Bertz CT molecular complexity index is 882. The van der Waals surface area contributed by atoms with E-state index < -0.39 is 0 Å². The topological polar surface area (TPSA) is 67.9 Å². The molecular weight excluding hydrogens is 338 g/mol. The van der Waals surface area contributed by atoms with Crippen LogP contribution < -0.4 is 0 Å². The largest absolute Gasteiger partial charge is 0.361 e. The Morgan fingerprint density at radius 2 is 1.89 bits per heavy atom. The lowest BCUT2D eigenvalue weighted by molar-refractivity contribution is 0.198. The van der Waals surface area contributed by atoms with Crippen LogP contribution in [0.15, 0.2) is 35.2 Å². The van der Waals surface area contributed by atoms with Gasteiger partial charge in [0.15, 0.2) is 0 Å². The maximum absolute atomic E-state index is 5.28. The molecule has 4 heterocycles. The average molecular weight is 363 g/mol. The summed E-state index contributed by atoms with van der Waals surface area (Å²) < 4.78 is 5.28. The van der Waals surface area contributed by atoms with Crippen LogP contribution in [0.25, 0.3) is 11.1 Å². The molecule has 6 heteroatoms. The fourth-order valence-corrected chi connectivity index (χ4v) is 3.89. The summed E-state index contributed by atoms with van der Waals surface area (Å²) in [5.41, 5.74) is 5.36. The van der Waals surface area contributed by atoms with E-state index in [-0.39, 0.29) is 0 Å². The number of aryl methyl sites for hydroxylation is 3. The molecule has 0 saturated carbocycles. The Morgan fingerprint density at radius 3 is 2.56 bits per heavy atom. The number of piperidine rings is 1. The summed E-state index contributed by atoms with van der Waals surface area (Å²) >= 11 is 0. The van der Waals surface area contributed by atoms with Crippen molar-refractivity contribution >= 4 is 0 Å². The van der Waals surface area contributed by atoms with Crippen LogP contribution in [0.2, 0.25) is 0 Å². The van der Waals surface area contributed by atoms with E-state index in [1.165, 1.54) is 18.4 Å². The molecule has 6 nitrogen and oxygen atoms in total. The Kier molecular flexibility index (Phi) is 4.99. The molecule has 3 aromatic heterocycles. The van der Waals surface area contributed by atoms with Gasteiger partial charge in [-0.3, -0.25) is 9.88 Å². The molecule has 1 aliphatic rings. The van der Waals surface area contributed by atoms with Gasteiger partial charge in [0.05, 0.1) is 5.69 Å². The second kappa shape index (κ2) is 7.56. The predicted octanol–water partition coefficient (Wildman–Crippen LogP) is 3.83. The molecule has 1 saturated heterocycles. The highest BCUT2D eigenvalue weighted by Gasteiger charge is 2.23. The minimum atomic E-state index is 0.462. The van der Waals surface area contributed by atoms with E-state index >= 15 is 0 Å². The zero-order valence-corrected chi connectivity index (χ0v) is 16.1. The van der Waals surface area contributed by atoms with Gasteiger partial charge in [0.2, 0.25) is 0 Å². The van der Waals surface area contributed by atoms with Crippen LogP contribution in [-0.4, -0.2) is 38.1 Å². The highest BCUT2D eigenvalue weighted by Crippen LogP contribution is 2.30. The molecule has 0 aromatic carbocycles. The van der Waals surface area contributed by atoms with Gasteiger partial charge in [0.25, 0.3) is 0 Å². The van der Waals surface area contributed by atoms with Crippen LogP contribution in [0.4, 0.5) is 0 Å². The minimum Gasteiger partial charge on any atom is -0.361 e. The molecule has 0 bridgehead atoms. The minimum absolute atomic E-state index is 0.462. The zero-order chi connectivity index (χ0) is 18.8. The van der Waals surface area contributed by atoms with E-state index in [9.17, 15) is 0 Å². The van der Waals surface area contributed by atoms with Crippen LogP contribution in [0.3, 0.4) is 0 Å². The van der Waals surface area contributed by atoms with Crippen LogP contribution in [-0.2, 0) is 6.54 Å². The van der Waals surface area contributed by atoms with Gasteiger partial charge in [-0.2, -0.15) is 0 Å². The van der Waals surface area contributed by atoms with E-state index in [1.54, 1.807) is 0 Å². The first-order valence-corrected chi connectivity index (χ1v) is 9.49. The van der Waals surface area contributed by atoms with Crippen molar-refractivity contribution in [2.45, 2.75) is 46.1 Å². The average Bonchev–Trinajstić information content (AvgIpc) is 3.02. The molecule has 0 aliphatic carbocycles. The van der Waals surface area contributed by atoms with Gasteiger partial charge in [-0.25, -0.2) is 9.97 Å². The van der Waals surface area contributed by atoms with E-state index in [0.29, 0.717) is 5.92 Å². The third-order valence-corrected chi connectivity index (χ3v) is 5.27. The second-order valence-corrected chi connectivity index (χ2v) is 7.38. The summed E-state index contributed by atoms with van der Waals surface area (Å²) in [5.74, 6) is 2.12. The number of likely N-dealkylation sites (tertiary alicyclic amines) is 1. The third-order valence-electron chi connectivity index (χ3n) is 5.27. The van der Waals surface area contributed by atoms with E-state index in [1.807, 2.05) is 39.4 Å². The lowest BCUT2D eigenvalue weighted by Crippen LogP contribution is -2.34. The molecule has 0 amide bonds. The second-order valence-electron chi connectivity index (χ2n) is 7.38. The lowest BCUT2D eigenvalue weighted by atomic mass is 9.93. The standard InChI is InChI=1S/C21H25N5O/c1-14-21(15(2)27-25-14)18-6-7-20(24-11-18)19-5-4-8-26(13-19)12-17-9-22-16(3)23-10-17/h6-7,9-11,19H,4-5,8,12-13H2,1-3H3/t19-/m0/s1. The van der Waals surface area contributed by atoms with Gasteiger partial charge in [-0.1, -0.05) is 11.2 Å². The van der Waals surface area contributed by atoms with Crippen molar-refractivity contribution in [2.24, 2.45) is 0 Å². The molecule has 0 unspecified atom stereocenters. The molecule has 27 heavy (non-hydrogen) atoms. The highest BCUT2D eigenvalue weighted by molar-refractivity contribution is 5.66. The molecule has 0 N–H and O–H groups in total. The van der Waals surface area contributed by atoms with E-state index in [2.05, 4.69) is 32.2 Å². The Labute approximate surface area is 159 Å². The first kappa shape index (κ1) is 17.8. The van der Waals surface area contributed by atoms with Crippen LogP contribution in [0.5, 0.6) is 0 Å². The zero-order valence-electron chi connectivity index (χ0n) is 16.1. The summed E-state index contributed by atoms with van der Waals surface area (Å²) in [4.78, 5) is 15.9. The molecule has 1 atom stereocenters. The highest BCUT2D eigenvalue weighted by atomic mass is 16.5. The van der Waals surface area contributed by atoms with Gasteiger partial charge in [0.1, 0.15) is 11.6 Å². The van der Waals surface area contributed by atoms with Crippen molar-refractivity contribution in [1.29, 1.82) is 0 Å². The van der Waals surface area contributed by atoms with Gasteiger partial charge in [0, 0.05) is 60.0 Å². The molecule has 1 aliphatic heterocycles. The number of rotatable bonds is 4.